The highest BCUT2D eigenvalue weighted by Crippen LogP contribution is 2.42. The van der Waals surface area contributed by atoms with Crippen LogP contribution in [0.3, 0.4) is 0 Å². The Kier molecular flexibility index (Phi) is 8.68. The number of benzene rings is 5. The third-order valence-electron chi connectivity index (χ3n) is 10.7. The van der Waals surface area contributed by atoms with E-state index in [-0.39, 0.29) is 6.04 Å². The second-order valence-corrected chi connectivity index (χ2v) is 13.9. The average Bonchev–Trinajstić information content (AvgIpc) is 3.85. The Hall–Kier alpha value is -6.59. The number of aliphatic imine (C=N–C) groups is 1. The molecule has 2 N–H and O–H groups in total. The molecule has 1 aliphatic carbocycles. The molecule has 9 rings (SSSR count). The quantitative estimate of drug-likeness (QED) is 0.124. The van der Waals surface area contributed by atoms with Crippen LogP contribution in [0.4, 0.5) is 0 Å². The van der Waals surface area contributed by atoms with Crippen LogP contribution in [-0.4, -0.2) is 19.5 Å². The van der Waals surface area contributed by atoms with Crippen molar-refractivity contribution in [2.45, 2.75) is 39.3 Å². The maximum atomic E-state index is 6.95. The Morgan fingerprint density at radius 1 is 0.759 bits per heavy atom. The fourth-order valence-electron chi connectivity index (χ4n) is 8.37. The molecule has 0 aliphatic heterocycles. The molecule has 0 bridgehead atoms. The van der Waals surface area contributed by atoms with Crippen molar-refractivity contribution >= 4 is 67.0 Å². The van der Waals surface area contributed by atoms with Gasteiger partial charge in [-0.2, -0.15) is 0 Å². The van der Waals surface area contributed by atoms with Crippen LogP contribution in [0.1, 0.15) is 48.7 Å². The molecule has 0 amide bonds. The molecule has 1 aliphatic rings. The molecular weight excluding hydrogens is 659 g/mol. The number of aromatic nitrogens is 3. The van der Waals surface area contributed by atoms with Crippen LogP contribution in [0.25, 0.3) is 61.2 Å². The van der Waals surface area contributed by atoms with E-state index >= 15 is 0 Å². The topological polar surface area (TPSA) is 53.2 Å². The molecule has 3 heterocycles. The van der Waals surface area contributed by atoms with E-state index < -0.39 is 0 Å². The summed E-state index contributed by atoms with van der Waals surface area (Å²) in [6.45, 7) is 4.88. The smallest absolute Gasteiger partial charge is 0.136 e. The molecule has 264 valence electrons. The normalized spacial score (nSPS) is 15.4. The first-order chi connectivity index (χ1) is 26.7. The van der Waals surface area contributed by atoms with E-state index in [9.17, 15) is 0 Å². The van der Waals surface area contributed by atoms with Gasteiger partial charge in [-0.15, -0.1) is 0 Å². The molecule has 1 unspecified atom stereocenters. The summed E-state index contributed by atoms with van der Waals surface area (Å²) in [5, 5.41) is 5.04. The van der Waals surface area contributed by atoms with Crippen LogP contribution in [0.5, 0.6) is 0 Å². The summed E-state index contributed by atoms with van der Waals surface area (Å²) in [6.07, 6.45) is 15.2. The number of fused-ring (bicyclic) bond motifs is 6. The zero-order valence-corrected chi connectivity index (χ0v) is 30.7. The SMILES string of the molecule is C/C=C\c1c(CC)c2c3ccccc3n(C3C=C(n4c5ccccc5c5ccccc54)C=CC3)c2n1C(/C=C(\N)c1ccccc1)=NCc1ccccc1. The van der Waals surface area contributed by atoms with Gasteiger partial charge in [0.15, 0.2) is 0 Å². The monoisotopic (exact) mass is 701 g/mol. The number of nitrogens with two attached hydrogens (primary N) is 1. The van der Waals surface area contributed by atoms with Crippen molar-refractivity contribution in [1.29, 1.82) is 0 Å². The molecule has 0 spiro atoms. The minimum atomic E-state index is 0.0370. The predicted octanol–water partition coefficient (Wildman–Crippen LogP) is 11.8. The molecule has 0 radical (unpaired) electrons. The maximum absolute atomic E-state index is 6.95. The third kappa shape index (κ3) is 5.60. The summed E-state index contributed by atoms with van der Waals surface area (Å²) in [6, 6.07) is 47.0. The molecule has 5 aromatic carbocycles. The number of para-hydroxylation sites is 3. The van der Waals surface area contributed by atoms with E-state index in [0.717, 1.165) is 41.1 Å². The number of rotatable bonds is 8. The summed E-state index contributed by atoms with van der Waals surface area (Å²) < 4.78 is 7.35. The third-order valence-corrected chi connectivity index (χ3v) is 10.7. The molecule has 5 nitrogen and oxygen atoms in total. The minimum Gasteiger partial charge on any atom is -0.398 e. The van der Waals surface area contributed by atoms with Crippen molar-refractivity contribution in [3.8, 4) is 0 Å². The molecule has 0 saturated heterocycles. The molecule has 0 fully saturated rings. The molecule has 0 saturated carbocycles. The molecule has 3 aromatic heterocycles. The van der Waals surface area contributed by atoms with Gasteiger partial charge in [0.25, 0.3) is 0 Å². The zero-order chi connectivity index (χ0) is 36.6. The fourth-order valence-corrected chi connectivity index (χ4v) is 8.37. The van der Waals surface area contributed by atoms with Gasteiger partial charge in [0.2, 0.25) is 0 Å². The number of nitrogens with zero attached hydrogens (tertiary/aromatic N) is 4. The van der Waals surface area contributed by atoms with Gasteiger partial charge < -0.3 is 14.9 Å². The Balaban J connectivity index is 1.33. The lowest BCUT2D eigenvalue weighted by Crippen LogP contribution is -2.18. The lowest BCUT2D eigenvalue weighted by atomic mass is 10.1. The molecular formula is C49H43N5. The van der Waals surface area contributed by atoms with E-state index in [2.05, 4.69) is 173 Å². The Bertz CT molecular complexity index is 2760. The van der Waals surface area contributed by atoms with Gasteiger partial charge in [0, 0.05) is 39.0 Å². The van der Waals surface area contributed by atoms with Crippen LogP contribution < -0.4 is 5.73 Å². The van der Waals surface area contributed by atoms with Crippen molar-refractivity contribution in [3.05, 3.63) is 186 Å². The van der Waals surface area contributed by atoms with Crippen LogP contribution in [-0.2, 0) is 13.0 Å². The summed E-state index contributed by atoms with van der Waals surface area (Å²) >= 11 is 0. The van der Waals surface area contributed by atoms with E-state index in [4.69, 9.17) is 10.7 Å². The molecule has 1 atom stereocenters. The zero-order valence-electron chi connectivity index (χ0n) is 30.7. The van der Waals surface area contributed by atoms with Crippen molar-refractivity contribution in [2.75, 3.05) is 0 Å². The number of hydrogen-bond donors (Lipinski definition) is 1. The Labute approximate surface area is 316 Å². The van der Waals surface area contributed by atoms with Gasteiger partial charge in [0.05, 0.1) is 34.8 Å². The van der Waals surface area contributed by atoms with Crippen molar-refractivity contribution in [3.63, 3.8) is 0 Å². The van der Waals surface area contributed by atoms with Crippen molar-refractivity contribution in [2.24, 2.45) is 10.7 Å². The van der Waals surface area contributed by atoms with Gasteiger partial charge in [-0.3, -0.25) is 9.56 Å². The van der Waals surface area contributed by atoms with E-state index in [1.165, 1.54) is 49.4 Å². The summed E-state index contributed by atoms with van der Waals surface area (Å²) in [7, 11) is 0. The highest BCUT2D eigenvalue weighted by molar-refractivity contribution is 6.16. The van der Waals surface area contributed by atoms with Gasteiger partial charge in [0.1, 0.15) is 11.5 Å². The van der Waals surface area contributed by atoms with Crippen LogP contribution in [0, 0.1) is 0 Å². The number of allylic oxidation sites excluding steroid dienone is 6. The number of aryl methyl sites for hydroxylation is 1. The molecule has 54 heavy (non-hydrogen) atoms. The Morgan fingerprint density at radius 3 is 2.04 bits per heavy atom. The number of hydrogen-bond acceptors (Lipinski definition) is 2. The van der Waals surface area contributed by atoms with Gasteiger partial charge in [-0.05, 0) is 72.9 Å². The molecule has 5 heteroatoms. The van der Waals surface area contributed by atoms with E-state index in [0.29, 0.717) is 12.2 Å². The fraction of sp³-hybridized carbons (Fsp3) is 0.122. The van der Waals surface area contributed by atoms with E-state index in [1.807, 2.05) is 24.3 Å². The summed E-state index contributed by atoms with van der Waals surface area (Å²) in [5.41, 5.74) is 18.1. The first kappa shape index (κ1) is 33.3. The Morgan fingerprint density at radius 2 is 1.37 bits per heavy atom. The van der Waals surface area contributed by atoms with Gasteiger partial charge >= 0.3 is 0 Å². The second-order valence-electron chi connectivity index (χ2n) is 13.9. The lowest BCUT2D eigenvalue weighted by molar-refractivity contribution is 0.640. The van der Waals surface area contributed by atoms with Gasteiger partial charge in [-0.25, -0.2) is 0 Å². The van der Waals surface area contributed by atoms with Crippen molar-refractivity contribution in [1.82, 2.24) is 13.7 Å². The summed E-state index contributed by atoms with van der Waals surface area (Å²) in [5.74, 6) is 0.806. The molecule has 8 aromatic rings. The average molecular weight is 702 g/mol. The maximum Gasteiger partial charge on any atom is 0.136 e. The minimum absolute atomic E-state index is 0.0370. The van der Waals surface area contributed by atoms with Crippen LogP contribution in [0.15, 0.2) is 169 Å². The first-order valence-corrected chi connectivity index (χ1v) is 18.9. The highest BCUT2D eigenvalue weighted by Gasteiger charge is 2.28. The highest BCUT2D eigenvalue weighted by atomic mass is 15.2. The largest absolute Gasteiger partial charge is 0.398 e. The lowest BCUT2D eigenvalue weighted by Gasteiger charge is -2.23. The van der Waals surface area contributed by atoms with E-state index in [1.54, 1.807) is 0 Å². The van der Waals surface area contributed by atoms with Crippen molar-refractivity contribution < 1.29 is 0 Å². The predicted molar refractivity (Wildman–Crippen MR) is 230 cm³/mol. The van der Waals surface area contributed by atoms with Gasteiger partial charge in [-0.1, -0.05) is 134 Å². The first-order valence-electron chi connectivity index (χ1n) is 18.9. The van der Waals surface area contributed by atoms with Crippen LogP contribution >= 0.6 is 0 Å². The van der Waals surface area contributed by atoms with Crippen LogP contribution in [0.2, 0.25) is 0 Å². The summed E-state index contributed by atoms with van der Waals surface area (Å²) in [4.78, 5) is 5.39. The second kappa shape index (κ2) is 14.1. The standard InChI is InChI=1S/C49H43N5/c1-3-18-43-38(4-2)48-41-27-13-16-30-46(41)53(37-24-17-23-36(31-37)52-44-28-14-11-25-39(44)40-26-12-15-29-45(40)52)49(48)54(43)47(51-33-34-19-7-5-8-20-34)32-42(50)35-21-9-6-10-22-35/h3,5-23,25-32,37H,4,24,33,50H2,1-2H3/b18-3-,42-32-,51-47?.